The monoisotopic (exact) mass is 193 g/mol. The maximum absolute atomic E-state index is 5.46. The molecule has 1 N–H and O–H groups in total. The van der Waals surface area contributed by atoms with Crippen LogP contribution < -0.4 is 5.32 Å². The van der Waals surface area contributed by atoms with Crippen LogP contribution in [-0.4, -0.2) is 6.04 Å². The minimum atomic E-state index is 0.521. The topological polar surface area (TPSA) is 25.2 Å². The number of rotatable bonds is 3. The molecule has 0 aromatic carbocycles. The Morgan fingerprint density at radius 3 is 3.29 bits per heavy atom. The highest BCUT2D eigenvalue weighted by Gasteiger charge is 2.22. The quantitative estimate of drug-likeness (QED) is 0.798. The molecule has 0 saturated carbocycles. The molecule has 2 heteroatoms. The number of furan rings is 1. The summed E-state index contributed by atoms with van der Waals surface area (Å²) in [6.45, 7) is 4.46. The summed E-state index contributed by atoms with van der Waals surface area (Å²) in [6.07, 6.45) is 6.61. The number of fused-ring (bicyclic) bond motifs is 1. The van der Waals surface area contributed by atoms with Crippen LogP contribution in [0.1, 0.15) is 50.5 Å². The molecule has 0 saturated heterocycles. The van der Waals surface area contributed by atoms with Gasteiger partial charge in [-0.15, -0.1) is 0 Å². The third-order valence-corrected chi connectivity index (χ3v) is 3.15. The third kappa shape index (κ3) is 1.85. The van der Waals surface area contributed by atoms with Crippen molar-refractivity contribution in [3.05, 3.63) is 23.7 Å². The zero-order valence-corrected chi connectivity index (χ0v) is 9.05. The highest BCUT2D eigenvalue weighted by molar-refractivity contribution is 5.24. The van der Waals surface area contributed by atoms with Gasteiger partial charge in [-0.2, -0.15) is 0 Å². The summed E-state index contributed by atoms with van der Waals surface area (Å²) in [7, 11) is 0. The van der Waals surface area contributed by atoms with Gasteiger partial charge in [0.05, 0.1) is 6.26 Å². The van der Waals surface area contributed by atoms with Crippen molar-refractivity contribution in [2.24, 2.45) is 0 Å². The Hall–Kier alpha value is -0.760. The minimum Gasteiger partial charge on any atom is -0.469 e. The Morgan fingerprint density at radius 2 is 2.50 bits per heavy atom. The molecule has 1 aromatic rings. The molecule has 1 aliphatic carbocycles. The van der Waals surface area contributed by atoms with Crippen molar-refractivity contribution in [2.45, 2.75) is 51.6 Å². The van der Waals surface area contributed by atoms with E-state index in [1.807, 2.05) is 6.26 Å². The highest BCUT2D eigenvalue weighted by atomic mass is 16.3. The lowest BCUT2D eigenvalue weighted by Gasteiger charge is -2.25. The lowest BCUT2D eigenvalue weighted by Crippen LogP contribution is -2.31. The molecule has 1 aliphatic rings. The molecular weight excluding hydrogens is 174 g/mol. The molecule has 2 rings (SSSR count). The number of aryl methyl sites for hydroxylation is 1. The zero-order valence-electron chi connectivity index (χ0n) is 9.05. The van der Waals surface area contributed by atoms with Crippen LogP contribution in [0, 0.1) is 0 Å². The second-order valence-corrected chi connectivity index (χ2v) is 4.22. The van der Waals surface area contributed by atoms with Crippen molar-refractivity contribution in [1.82, 2.24) is 5.32 Å². The molecule has 1 aromatic heterocycles. The van der Waals surface area contributed by atoms with Gasteiger partial charge in [-0.25, -0.2) is 0 Å². The largest absolute Gasteiger partial charge is 0.469 e. The first-order valence-corrected chi connectivity index (χ1v) is 5.63. The van der Waals surface area contributed by atoms with Crippen molar-refractivity contribution in [3.8, 4) is 0 Å². The maximum atomic E-state index is 5.46. The SMILES string of the molecule is CC[C@H](C)N[C@H]1CCCc2occc21. The van der Waals surface area contributed by atoms with Crippen molar-refractivity contribution in [2.75, 3.05) is 0 Å². The van der Waals surface area contributed by atoms with Gasteiger partial charge >= 0.3 is 0 Å². The van der Waals surface area contributed by atoms with Gasteiger partial charge in [-0.05, 0) is 32.3 Å². The fraction of sp³-hybridized carbons (Fsp3) is 0.667. The molecule has 2 atom stereocenters. The van der Waals surface area contributed by atoms with Crippen molar-refractivity contribution in [3.63, 3.8) is 0 Å². The van der Waals surface area contributed by atoms with Gasteiger partial charge in [0.1, 0.15) is 5.76 Å². The molecule has 14 heavy (non-hydrogen) atoms. The van der Waals surface area contributed by atoms with Crippen LogP contribution >= 0.6 is 0 Å². The highest BCUT2D eigenvalue weighted by Crippen LogP contribution is 2.30. The molecule has 1 heterocycles. The number of nitrogens with one attached hydrogen (secondary N) is 1. The second kappa shape index (κ2) is 4.18. The smallest absolute Gasteiger partial charge is 0.108 e. The summed E-state index contributed by atoms with van der Waals surface area (Å²) in [5.41, 5.74) is 1.39. The van der Waals surface area contributed by atoms with Crippen molar-refractivity contribution >= 4 is 0 Å². The first-order chi connectivity index (χ1) is 6.81. The van der Waals surface area contributed by atoms with E-state index < -0.39 is 0 Å². The molecule has 0 unspecified atom stereocenters. The lowest BCUT2D eigenvalue weighted by atomic mass is 9.93. The molecule has 0 aliphatic heterocycles. The van der Waals surface area contributed by atoms with E-state index in [2.05, 4.69) is 25.2 Å². The van der Waals surface area contributed by atoms with Crippen LogP contribution in [-0.2, 0) is 6.42 Å². The normalized spacial score (nSPS) is 23.1. The standard InChI is InChI=1S/C12H19NO/c1-3-9(2)13-11-5-4-6-12-10(11)7-8-14-12/h7-9,11,13H,3-6H2,1-2H3/t9-,11-/m0/s1. The van der Waals surface area contributed by atoms with E-state index in [1.54, 1.807) is 0 Å². The van der Waals surface area contributed by atoms with E-state index in [0.717, 1.165) is 6.42 Å². The molecular formula is C12H19NO. The van der Waals surface area contributed by atoms with Gasteiger partial charge in [-0.3, -0.25) is 0 Å². The van der Waals surface area contributed by atoms with E-state index in [1.165, 1.54) is 30.6 Å². The van der Waals surface area contributed by atoms with Crippen molar-refractivity contribution < 1.29 is 4.42 Å². The van der Waals surface area contributed by atoms with E-state index in [0.29, 0.717) is 12.1 Å². The molecule has 0 radical (unpaired) electrons. The third-order valence-electron chi connectivity index (χ3n) is 3.15. The summed E-state index contributed by atoms with van der Waals surface area (Å²) < 4.78 is 5.46. The first-order valence-electron chi connectivity index (χ1n) is 5.63. The van der Waals surface area contributed by atoms with Gasteiger partial charge in [-0.1, -0.05) is 6.92 Å². The maximum Gasteiger partial charge on any atom is 0.108 e. The second-order valence-electron chi connectivity index (χ2n) is 4.22. The van der Waals surface area contributed by atoms with Crippen molar-refractivity contribution in [1.29, 1.82) is 0 Å². The van der Waals surface area contributed by atoms with Gasteiger partial charge in [0, 0.05) is 24.1 Å². The first kappa shape index (κ1) is 9.78. The number of hydrogen-bond acceptors (Lipinski definition) is 2. The Balaban J connectivity index is 2.08. The van der Waals surface area contributed by atoms with Crippen LogP contribution in [0.4, 0.5) is 0 Å². The Labute approximate surface area is 85.7 Å². The lowest BCUT2D eigenvalue weighted by molar-refractivity contribution is 0.378. The average Bonchev–Trinajstić information content (AvgIpc) is 2.66. The summed E-state index contributed by atoms with van der Waals surface area (Å²) >= 11 is 0. The predicted octanol–water partition coefficient (Wildman–Crippen LogP) is 3.05. The molecule has 0 fully saturated rings. The summed E-state index contributed by atoms with van der Waals surface area (Å²) in [5, 5.41) is 3.65. The Kier molecular flexibility index (Phi) is 2.92. The van der Waals surface area contributed by atoms with Gasteiger partial charge < -0.3 is 9.73 Å². The molecule has 0 spiro atoms. The van der Waals surface area contributed by atoms with E-state index in [-0.39, 0.29) is 0 Å². The van der Waals surface area contributed by atoms with Gasteiger partial charge in [0.25, 0.3) is 0 Å². The zero-order chi connectivity index (χ0) is 9.97. The van der Waals surface area contributed by atoms with Crippen LogP contribution in [0.25, 0.3) is 0 Å². The van der Waals surface area contributed by atoms with Gasteiger partial charge in [0.2, 0.25) is 0 Å². The Bertz CT molecular complexity index is 292. The van der Waals surface area contributed by atoms with E-state index in [4.69, 9.17) is 4.42 Å². The van der Waals surface area contributed by atoms with E-state index in [9.17, 15) is 0 Å². The van der Waals surface area contributed by atoms with Crippen LogP contribution in [0.15, 0.2) is 16.7 Å². The van der Waals surface area contributed by atoms with Crippen LogP contribution in [0.5, 0.6) is 0 Å². The number of hydrogen-bond donors (Lipinski definition) is 1. The van der Waals surface area contributed by atoms with Gasteiger partial charge in [0.15, 0.2) is 0 Å². The summed E-state index contributed by atoms with van der Waals surface area (Å²) in [4.78, 5) is 0. The average molecular weight is 193 g/mol. The summed E-state index contributed by atoms with van der Waals surface area (Å²) in [6, 6.07) is 3.24. The predicted molar refractivity (Wildman–Crippen MR) is 57.3 cm³/mol. The molecule has 0 bridgehead atoms. The minimum absolute atomic E-state index is 0.521. The Morgan fingerprint density at radius 1 is 1.64 bits per heavy atom. The molecule has 78 valence electrons. The molecule has 0 amide bonds. The van der Waals surface area contributed by atoms with Crippen LogP contribution in [0.2, 0.25) is 0 Å². The summed E-state index contributed by atoms with van der Waals surface area (Å²) in [5.74, 6) is 1.19. The molecule has 2 nitrogen and oxygen atoms in total. The fourth-order valence-corrected chi connectivity index (χ4v) is 2.12. The fourth-order valence-electron chi connectivity index (χ4n) is 2.12. The van der Waals surface area contributed by atoms with Crippen LogP contribution in [0.3, 0.4) is 0 Å². The van der Waals surface area contributed by atoms with E-state index >= 15 is 0 Å².